The van der Waals surface area contributed by atoms with Gasteiger partial charge in [0.15, 0.2) is 6.61 Å². The monoisotopic (exact) mass is 418 g/mol. The van der Waals surface area contributed by atoms with E-state index in [9.17, 15) is 19.7 Å². The molecule has 3 aromatic carbocycles. The lowest BCUT2D eigenvalue weighted by Gasteiger charge is -2.08. The first kappa shape index (κ1) is 21.2. The summed E-state index contributed by atoms with van der Waals surface area (Å²) in [5, 5.41) is 17.2. The number of para-hydroxylation sites is 1. The number of hydrazone groups is 1. The summed E-state index contributed by atoms with van der Waals surface area (Å²) >= 11 is 0. The van der Waals surface area contributed by atoms with E-state index >= 15 is 0 Å². The number of nitro groups is 1. The van der Waals surface area contributed by atoms with Crippen molar-refractivity contribution in [2.24, 2.45) is 5.10 Å². The number of non-ortho nitro benzene ring substituents is 1. The Bertz CT molecular complexity index is 1080. The van der Waals surface area contributed by atoms with Crippen LogP contribution in [0.15, 0.2) is 84.0 Å². The van der Waals surface area contributed by atoms with Gasteiger partial charge >= 0.3 is 0 Å². The minimum Gasteiger partial charge on any atom is -0.484 e. The van der Waals surface area contributed by atoms with E-state index in [1.54, 1.807) is 36.4 Å². The molecular weight excluding hydrogens is 400 g/mol. The highest BCUT2D eigenvalue weighted by molar-refractivity contribution is 5.95. The Morgan fingerprint density at radius 2 is 1.65 bits per heavy atom. The van der Waals surface area contributed by atoms with Gasteiger partial charge in [-0.15, -0.1) is 0 Å². The van der Waals surface area contributed by atoms with E-state index in [-0.39, 0.29) is 18.2 Å². The van der Waals surface area contributed by atoms with Crippen molar-refractivity contribution in [2.75, 3.05) is 11.9 Å². The van der Waals surface area contributed by atoms with Crippen LogP contribution in [0.25, 0.3) is 0 Å². The summed E-state index contributed by atoms with van der Waals surface area (Å²) in [4.78, 5) is 34.2. The smallest absolute Gasteiger partial charge is 0.271 e. The van der Waals surface area contributed by atoms with Crippen LogP contribution >= 0.6 is 0 Å². The summed E-state index contributed by atoms with van der Waals surface area (Å²) in [5.41, 5.74) is 3.97. The summed E-state index contributed by atoms with van der Waals surface area (Å²) < 4.78 is 5.42. The fraction of sp³-hybridized carbons (Fsp3) is 0.0455. The average Bonchev–Trinajstić information content (AvgIpc) is 2.79. The SMILES string of the molecule is O=C(COc1ccc(C(=O)NN=Cc2ccc([N+](=O)[O-])cc2)cc1)Nc1ccccc1. The second-order valence-corrected chi connectivity index (χ2v) is 6.28. The summed E-state index contributed by atoms with van der Waals surface area (Å²) in [5.74, 6) is -0.297. The average molecular weight is 418 g/mol. The van der Waals surface area contributed by atoms with Crippen LogP contribution in [0.3, 0.4) is 0 Å². The Labute approximate surface area is 177 Å². The summed E-state index contributed by atoms with van der Waals surface area (Å²) in [6.45, 7) is -0.167. The predicted molar refractivity (Wildman–Crippen MR) is 115 cm³/mol. The van der Waals surface area contributed by atoms with Crippen LogP contribution in [0.1, 0.15) is 15.9 Å². The molecule has 0 saturated carbocycles. The lowest BCUT2D eigenvalue weighted by molar-refractivity contribution is -0.384. The van der Waals surface area contributed by atoms with Crippen molar-refractivity contribution in [1.82, 2.24) is 5.43 Å². The van der Waals surface area contributed by atoms with Crippen molar-refractivity contribution in [2.45, 2.75) is 0 Å². The number of anilines is 1. The first-order chi connectivity index (χ1) is 15.0. The van der Waals surface area contributed by atoms with Crippen LogP contribution in [0.4, 0.5) is 11.4 Å². The van der Waals surface area contributed by atoms with E-state index in [4.69, 9.17) is 4.74 Å². The number of nitrogens with zero attached hydrogens (tertiary/aromatic N) is 2. The van der Waals surface area contributed by atoms with Crippen molar-refractivity contribution >= 4 is 29.4 Å². The van der Waals surface area contributed by atoms with E-state index < -0.39 is 10.8 Å². The van der Waals surface area contributed by atoms with Crippen LogP contribution in [0, 0.1) is 10.1 Å². The third kappa shape index (κ3) is 6.50. The number of rotatable bonds is 8. The fourth-order valence-electron chi connectivity index (χ4n) is 2.48. The molecule has 0 spiro atoms. The first-order valence-corrected chi connectivity index (χ1v) is 9.17. The summed E-state index contributed by atoms with van der Waals surface area (Å²) in [6, 6.07) is 21.0. The minimum atomic E-state index is -0.494. The lowest BCUT2D eigenvalue weighted by atomic mass is 10.2. The number of hydrogen-bond acceptors (Lipinski definition) is 6. The summed E-state index contributed by atoms with van der Waals surface area (Å²) in [7, 11) is 0. The second kappa shape index (κ2) is 10.3. The zero-order valence-electron chi connectivity index (χ0n) is 16.2. The Balaban J connectivity index is 1.47. The molecule has 0 aliphatic heterocycles. The van der Waals surface area contributed by atoms with Crippen molar-refractivity contribution in [1.29, 1.82) is 0 Å². The molecule has 0 fully saturated rings. The molecule has 31 heavy (non-hydrogen) atoms. The molecule has 0 aliphatic rings. The van der Waals surface area contributed by atoms with Gasteiger partial charge in [-0.3, -0.25) is 19.7 Å². The minimum absolute atomic E-state index is 0.0268. The highest BCUT2D eigenvalue weighted by atomic mass is 16.6. The zero-order chi connectivity index (χ0) is 22.1. The van der Waals surface area contributed by atoms with Gasteiger partial charge in [0.2, 0.25) is 0 Å². The first-order valence-electron chi connectivity index (χ1n) is 9.17. The molecule has 3 rings (SSSR count). The largest absolute Gasteiger partial charge is 0.484 e. The highest BCUT2D eigenvalue weighted by Gasteiger charge is 2.07. The van der Waals surface area contributed by atoms with Crippen molar-refractivity contribution in [3.8, 4) is 5.75 Å². The van der Waals surface area contributed by atoms with Gasteiger partial charge in [-0.1, -0.05) is 18.2 Å². The molecule has 0 aromatic heterocycles. The molecule has 3 aromatic rings. The third-order valence-electron chi connectivity index (χ3n) is 4.03. The molecule has 0 bridgehead atoms. The number of ether oxygens (including phenoxy) is 1. The van der Waals surface area contributed by atoms with Crippen molar-refractivity contribution in [3.63, 3.8) is 0 Å². The molecule has 0 unspecified atom stereocenters. The molecule has 0 atom stereocenters. The summed E-state index contributed by atoms with van der Waals surface area (Å²) in [6.07, 6.45) is 1.38. The quantitative estimate of drug-likeness (QED) is 0.330. The molecule has 9 nitrogen and oxygen atoms in total. The molecule has 0 saturated heterocycles. The van der Waals surface area contributed by atoms with Crippen molar-refractivity contribution < 1.29 is 19.2 Å². The Morgan fingerprint density at radius 1 is 0.968 bits per heavy atom. The molecule has 2 N–H and O–H groups in total. The fourth-order valence-corrected chi connectivity index (χ4v) is 2.48. The molecule has 0 aliphatic carbocycles. The Morgan fingerprint density at radius 3 is 2.29 bits per heavy atom. The van der Waals surface area contributed by atoms with Gasteiger partial charge in [0.05, 0.1) is 11.1 Å². The number of hydrogen-bond donors (Lipinski definition) is 2. The zero-order valence-corrected chi connectivity index (χ0v) is 16.2. The normalized spacial score (nSPS) is 10.5. The van der Waals surface area contributed by atoms with Crippen LogP contribution < -0.4 is 15.5 Å². The molecular formula is C22H18N4O5. The standard InChI is InChI=1S/C22H18N4O5/c27-21(24-18-4-2-1-3-5-18)15-31-20-12-8-17(9-13-20)22(28)25-23-14-16-6-10-19(11-7-16)26(29)30/h1-14H,15H2,(H,24,27)(H,25,28). The van der Waals surface area contributed by atoms with E-state index in [0.717, 1.165) is 0 Å². The number of carbonyl (C=O) groups is 2. The number of carbonyl (C=O) groups excluding carboxylic acids is 2. The highest BCUT2D eigenvalue weighted by Crippen LogP contribution is 2.13. The van der Waals surface area contributed by atoms with Crippen LogP contribution in [0.5, 0.6) is 5.75 Å². The molecule has 0 heterocycles. The van der Waals surface area contributed by atoms with Gasteiger partial charge in [0.25, 0.3) is 17.5 Å². The van der Waals surface area contributed by atoms with E-state index in [2.05, 4.69) is 15.8 Å². The number of amides is 2. The number of nitrogens with one attached hydrogen (secondary N) is 2. The Hall–Kier alpha value is -4.53. The third-order valence-corrected chi connectivity index (χ3v) is 4.03. The molecule has 0 radical (unpaired) electrons. The van der Waals surface area contributed by atoms with Gasteiger partial charge in [-0.2, -0.15) is 5.10 Å². The van der Waals surface area contributed by atoms with Gasteiger partial charge in [0, 0.05) is 23.4 Å². The van der Waals surface area contributed by atoms with Crippen LogP contribution in [0.2, 0.25) is 0 Å². The van der Waals surface area contributed by atoms with Gasteiger partial charge in [-0.25, -0.2) is 5.43 Å². The maximum Gasteiger partial charge on any atom is 0.271 e. The molecule has 9 heteroatoms. The topological polar surface area (TPSA) is 123 Å². The second-order valence-electron chi connectivity index (χ2n) is 6.28. The number of nitro benzene ring substituents is 1. The van der Waals surface area contributed by atoms with Crippen molar-refractivity contribution in [3.05, 3.63) is 100 Å². The van der Waals surface area contributed by atoms with Gasteiger partial charge in [0.1, 0.15) is 5.75 Å². The van der Waals surface area contributed by atoms with E-state index in [1.165, 1.54) is 30.5 Å². The number of benzene rings is 3. The van der Waals surface area contributed by atoms with Crippen LogP contribution in [-0.2, 0) is 4.79 Å². The molecule has 156 valence electrons. The maximum atomic E-state index is 12.1. The van der Waals surface area contributed by atoms with Gasteiger partial charge < -0.3 is 10.1 Å². The van der Waals surface area contributed by atoms with Gasteiger partial charge in [-0.05, 0) is 54.1 Å². The molecule has 2 amide bonds. The van der Waals surface area contributed by atoms with Crippen LogP contribution in [-0.4, -0.2) is 29.6 Å². The lowest BCUT2D eigenvalue weighted by Crippen LogP contribution is -2.20. The Kier molecular flexibility index (Phi) is 7.04. The maximum absolute atomic E-state index is 12.1. The predicted octanol–water partition coefficient (Wildman–Crippen LogP) is 3.38. The van der Waals surface area contributed by atoms with E-state index in [1.807, 2.05) is 18.2 Å². The van der Waals surface area contributed by atoms with E-state index in [0.29, 0.717) is 22.6 Å².